The first-order valence-corrected chi connectivity index (χ1v) is 8.77. The number of hydrogen-bond acceptors (Lipinski definition) is 4. The molecule has 4 nitrogen and oxygen atoms in total. The summed E-state index contributed by atoms with van der Waals surface area (Å²) in [7, 11) is 8.17. The molecule has 134 valence electrons. The van der Waals surface area contributed by atoms with Crippen molar-refractivity contribution in [2.45, 2.75) is 13.8 Å². The van der Waals surface area contributed by atoms with Crippen molar-refractivity contribution in [3.05, 3.63) is 59.9 Å². The Balaban J connectivity index is 1.98. The van der Waals surface area contributed by atoms with Gasteiger partial charge in [0.25, 0.3) is 0 Å². The lowest BCUT2D eigenvalue weighted by Crippen LogP contribution is -2.08. The molecule has 0 fully saturated rings. The fourth-order valence-corrected chi connectivity index (χ4v) is 2.98. The minimum absolute atomic E-state index is 0.944. The summed E-state index contributed by atoms with van der Waals surface area (Å²) in [4.78, 5) is 13.9. The highest BCUT2D eigenvalue weighted by atomic mass is 15.1. The minimum atomic E-state index is 0.944. The second kappa shape index (κ2) is 7.16. The third-order valence-corrected chi connectivity index (χ3v) is 4.56. The molecule has 0 aliphatic heterocycles. The zero-order valence-corrected chi connectivity index (χ0v) is 16.4. The average Bonchev–Trinajstić information content (AvgIpc) is 2.63. The first-order chi connectivity index (χ1) is 12.4. The smallest absolute Gasteiger partial charge is 0.0918 e. The molecule has 0 saturated heterocycles. The molecule has 0 spiro atoms. The lowest BCUT2D eigenvalue weighted by atomic mass is 10.1. The van der Waals surface area contributed by atoms with Crippen LogP contribution >= 0.6 is 0 Å². The lowest BCUT2D eigenvalue weighted by molar-refractivity contribution is 1.07. The van der Waals surface area contributed by atoms with Crippen LogP contribution in [0.3, 0.4) is 0 Å². The normalized spacial score (nSPS) is 10.7. The fourth-order valence-electron chi connectivity index (χ4n) is 2.98. The first kappa shape index (κ1) is 17.9. The van der Waals surface area contributed by atoms with Gasteiger partial charge in [-0.15, -0.1) is 0 Å². The topological polar surface area (TPSA) is 32.3 Å². The first-order valence-electron chi connectivity index (χ1n) is 8.77. The maximum absolute atomic E-state index is 4.86. The minimum Gasteiger partial charge on any atom is -0.378 e. The van der Waals surface area contributed by atoms with Crippen LogP contribution in [0.4, 0.5) is 11.4 Å². The van der Waals surface area contributed by atoms with Gasteiger partial charge in [0.1, 0.15) is 0 Å². The van der Waals surface area contributed by atoms with E-state index >= 15 is 0 Å². The van der Waals surface area contributed by atoms with E-state index in [-0.39, 0.29) is 0 Å². The second-order valence-electron chi connectivity index (χ2n) is 6.97. The molecule has 3 aromatic rings. The number of hydrogen-bond donors (Lipinski definition) is 0. The van der Waals surface area contributed by atoms with E-state index in [0.717, 1.165) is 33.9 Å². The molecule has 26 heavy (non-hydrogen) atoms. The van der Waals surface area contributed by atoms with Gasteiger partial charge in [-0.1, -0.05) is 24.3 Å². The molecule has 0 atom stereocenters. The van der Waals surface area contributed by atoms with E-state index in [0.29, 0.717) is 0 Å². The molecule has 1 heterocycles. The molecule has 0 N–H and O–H groups in total. The van der Waals surface area contributed by atoms with Crippen LogP contribution < -0.4 is 9.80 Å². The summed E-state index contributed by atoms with van der Waals surface area (Å²) in [5.41, 5.74) is 8.32. The average molecular weight is 346 g/mol. The van der Waals surface area contributed by atoms with E-state index in [4.69, 9.17) is 9.97 Å². The molecule has 3 rings (SSSR count). The number of benzene rings is 2. The van der Waals surface area contributed by atoms with Crippen LogP contribution in [0.25, 0.3) is 22.5 Å². The zero-order chi connectivity index (χ0) is 18.8. The van der Waals surface area contributed by atoms with Gasteiger partial charge in [-0.3, -0.25) is 0 Å². The third-order valence-electron chi connectivity index (χ3n) is 4.56. The molecule has 0 saturated carbocycles. The van der Waals surface area contributed by atoms with Gasteiger partial charge in [-0.2, -0.15) is 0 Å². The van der Waals surface area contributed by atoms with Crippen LogP contribution in [0.1, 0.15) is 11.4 Å². The van der Waals surface area contributed by atoms with Crippen LogP contribution in [0.5, 0.6) is 0 Å². The molecule has 4 heteroatoms. The molecule has 0 aliphatic carbocycles. The Kier molecular flexibility index (Phi) is 4.94. The predicted octanol–water partition coefficient (Wildman–Crippen LogP) is 4.56. The summed E-state index contributed by atoms with van der Waals surface area (Å²) in [6.45, 7) is 4.05. The Labute approximate surface area is 156 Å². The summed E-state index contributed by atoms with van der Waals surface area (Å²) in [6, 6.07) is 16.9. The Morgan fingerprint density at radius 3 is 1.12 bits per heavy atom. The Hall–Kier alpha value is -2.88. The molecule has 0 aliphatic rings. The largest absolute Gasteiger partial charge is 0.378 e. The highest BCUT2D eigenvalue weighted by Gasteiger charge is 2.12. The van der Waals surface area contributed by atoms with Crippen molar-refractivity contribution < 1.29 is 0 Å². The van der Waals surface area contributed by atoms with E-state index in [2.05, 4.69) is 58.3 Å². The van der Waals surface area contributed by atoms with Crippen molar-refractivity contribution in [3.8, 4) is 22.5 Å². The van der Waals surface area contributed by atoms with Gasteiger partial charge < -0.3 is 9.80 Å². The Bertz CT molecular complexity index is 817. The molecule has 0 bridgehead atoms. The van der Waals surface area contributed by atoms with Crippen LogP contribution in [0.15, 0.2) is 48.5 Å². The molecular formula is C22H26N4. The number of aryl methyl sites for hydroxylation is 2. The quantitative estimate of drug-likeness (QED) is 0.693. The Morgan fingerprint density at radius 1 is 0.538 bits per heavy atom. The number of anilines is 2. The van der Waals surface area contributed by atoms with Crippen molar-refractivity contribution in [3.63, 3.8) is 0 Å². The molecule has 0 unspecified atom stereocenters. The summed E-state index contributed by atoms with van der Waals surface area (Å²) in [6.07, 6.45) is 0. The van der Waals surface area contributed by atoms with E-state index in [1.165, 1.54) is 11.4 Å². The maximum Gasteiger partial charge on any atom is 0.0918 e. The van der Waals surface area contributed by atoms with Crippen LogP contribution in [0, 0.1) is 13.8 Å². The lowest BCUT2D eigenvalue weighted by Gasteiger charge is -2.15. The molecule has 0 radical (unpaired) electrons. The van der Waals surface area contributed by atoms with Gasteiger partial charge in [0.2, 0.25) is 0 Å². The van der Waals surface area contributed by atoms with Gasteiger partial charge in [-0.05, 0) is 38.1 Å². The van der Waals surface area contributed by atoms with Gasteiger partial charge in [0, 0.05) is 50.7 Å². The fraction of sp³-hybridized carbons (Fsp3) is 0.273. The van der Waals surface area contributed by atoms with Crippen molar-refractivity contribution in [2.24, 2.45) is 0 Å². The summed E-state index contributed by atoms with van der Waals surface area (Å²) >= 11 is 0. The van der Waals surface area contributed by atoms with Crippen LogP contribution in [-0.2, 0) is 0 Å². The van der Waals surface area contributed by atoms with E-state index in [1.807, 2.05) is 42.0 Å². The van der Waals surface area contributed by atoms with Crippen molar-refractivity contribution >= 4 is 11.4 Å². The SMILES string of the molecule is Cc1nc(-c2ccc(N(C)C)cc2)c(C)nc1-c1ccc(N(C)C)cc1. The molecule has 1 aromatic heterocycles. The summed E-state index contributed by atoms with van der Waals surface area (Å²) < 4.78 is 0. The van der Waals surface area contributed by atoms with Gasteiger partial charge in [-0.25, -0.2) is 9.97 Å². The predicted molar refractivity (Wildman–Crippen MR) is 111 cm³/mol. The molecule has 0 amide bonds. The number of nitrogens with zero attached hydrogens (tertiary/aromatic N) is 4. The molecule has 2 aromatic carbocycles. The maximum atomic E-state index is 4.86. The number of rotatable bonds is 4. The summed E-state index contributed by atoms with van der Waals surface area (Å²) in [5.74, 6) is 0. The standard InChI is InChI=1S/C22H26N4/c1-15-21(17-7-11-19(12-8-17)25(3)4)24-16(2)22(23-15)18-9-13-20(14-10-18)26(5)6/h7-14H,1-6H3. The van der Waals surface area contributed by atoms with Gasteiger partial charge in [0.05, 0.1) is 22.8 Å². The van der Waals surface area contributed by atoms with Gasteiger partial charge in [0.15, 0.2) is 0 Å². The summed E-state index contributed by atoms with van der Waals surface area (Å²) in [5, 5.41) is 0. The third kappa shape index (κ3) is 3.54. The van der Waals surface area contributed by atoms with Crippen molar-refractivity contribution in [1.29, 1.82) is 0 Å². The van der Waals surface area contributed by atoms with E-state index in [9.17, 15) is 0 Å². The van der Waals surface area contributed by atoms with Crippen LogP contribution in [0.2, 0.25) is 0 Å². The number of aromatic nitrogens is 2. The highest BCUT2D eigenvalue weighted by Crippen LogP contribution is 2.28. The van der Waals surface area contributed by atoms with Crippen molar-refractivity contribution in [1.82, 2.24) is 9.97 Å². The van der Waals surface area contributed by atoms with Crippen LogP contribution in [-0.4, -0.2) is 38.2 Å². The molecular weight excluding hydrogens is 320 g/mol. The Morgan fingerprint density at radius 2 is 0.846 bits per heavy atom. The van der Waals surface area contributed by atoms with Gasteiger partial charge >= 0.3 is 0 Å². The van der Waals surface area contributed by atoms with E-state index < -0.39 is 0 Å². The zero-order valence-electron chi connectivity index (χ0n) is 16.4. The monoisotopic (exact) mass is 346 g/mol. The van der Waals surface area contributed by atoms with Crippen molar-refractivity contribution in [2.75, 3.05) is 38.0 Å². The second-order valence-corrected chi connectivity index (χ2v) is 6.97. The highest BCUT2D eigenvalue weighted by molar-refractivity contribution is 5.70. The van der Waals surface area contributed by atoms with E-state index in [1.54, 1.807) is 0 Å².